The summed E-state index contributed by atoms with van der Waals surface area (Å²) in [4.78, 5) is 0. The Balaban J connectivity index is 1.71. The minimum atomic E-state index is 0.697. The molecule has 0 radical (unpaired) electrons. The number of thioether (sulfide) groups is 1. The number of hydrogen-bond donors (Lipinski definition) is 1. The van der Waals surface area contributed by atoms with Crippen LogP contribution in [-0.2, 0) is 0 Å². The highest BCUT2D eigenvalue weighted by Gasteiger charge is 2.34. The Hall–Kier alpha value is 0.310. The van der Waals surface area contributed by atoms with E-state index in [-0.39, 0.29) is 0 Å². The first kappa shape index (κ1) is 11.8. The molecular formula is C13H25NS. The monoisotopic (exact) mass is 227 g/mol. The summed E-state index contributed by atoms with van der Waals surface area (Å²) >= 11 is 1.96. The highest BCUT2D eigenvalue weighted by molar-refractivity contribution is 7.98. The summed E-state index contributed by atoms with van der Waals surface area (Å²) in [5.41, 5.74) is 0. The number of hydrogen-bond acceptors (Lipinski definition) is 2. The van der Waals surface area contributed by atoms with E-state index in [9.17, 15) is 0 Å². The molecule has 3 atom stereocenters. The van der Waals surface area contributed by atoms with Gasteiger partial charge in [0.15, 0.2) is 0 Å². The van der Waals surface area contributed by atoms with Gasteiger partial charge in [-0.1, -0.05) is 12.8 Å². The molecule has 0 amide bonds. The van der Waals surface area contributed by atoms with E-state index < -0.39 is 0 Å². The first-order chi connectivity index (χ1) is 7.29. The minimum absolute atomic E-state index is 0.697. The molecular weight excluding hydrogens is 202 g/mol. The molecule has 0 heterocycles. The molecule has 2 heteroatoms. The van der Waals surface area contributed by atoms with Gasteiger partial charge in [0.05, 0.1) is 0 Å². The number of rotatable bonds is 5. The molecule has 2 aliphatic carbocycles. The Labute approximate surface area is 98.8 Å². The molecule has 0 bridgehead atoms. The fourth-order valence-corrected chi connectivity index (χ4v) is 3.67. The van der Waals surface area contributed by atoms with Crippen molar-refractivity contribution in [2.75, 3.05) is 12.0 Å². The lowest BCUT2D eigenvalue weighted by molar-refractivity contribution is 0.253. The third-order valence-electron chi connectivity index (χ3n) is 3.94. The molecule has 1 N–H and O–H groups in total. The van der Waals surface area contributed by atoms with Crippen LogP contribution in [0.2, 0.25) is 0 Å². The predicted molar refractivity (Wildman–Crippen MR) is 69.4 cm³/mol. The van der Waals surface area contributed by atoms with Crippen molar-refractivity contribution < 1.29 is 0 Å². The van der Waals surface area contributed by atoms with Crippen molar-refractivity contribution in [1.82, 2.24) is 5.32 Å². The van der Waals surface area contributed by atoms with E-state index in [0.29, 0.717) is 6.04 Å². The summed E-state index contributed by atoms with van der Waals surface area (Å²) in [6, 6.07) is 1.52. The Bertz CT molecular complexity index is 191. The van der Waals surface area contributed by atoms with Crippen LogP contribution < -0.4 is 5.32 Å². The average Bonchev–Trinajstić information content (AvgIpc) is 3.01. The van der Waals surface area contributed by atoms with Crippen LogP contribution in [0.5, 0.6) is 0 Å². The van der Waals surface area contributed by atoms with Crippen LogP contribution in [0.25, 0.3) is 0 Å². The summed E-state index contributed by atoms with van der Waals surface area (Å²) in [6.45, 7) is 2.33. The van der Waals surface area contributed by atoms with E-state index in [2.05, 4.69) is 18.5 Å². The van der Waals surface area contributed by atoms with Crippen molar-refractivity contribution in [2.24, 2.45) is 11.8 Å². The maximum atomic E-state index is 3.81. The molecule has 1 nitrogen and oxygen atoms in total. The Morgan fingerprint density at radius 2 is 2.00 bits per heavy atom. The summed E-state index contributed by atoms with van der Waals surface area (Å²) in [5, 5.41) is 3.81. The highest BCUT2D eigenvalue weighted by atomic mass is 32.2. The van der Waals surface area contributed by atoms with E-state index in [1.807, 2.05) is 11.8 Å². The van der Waals surface area contributed by atoms with Crippen LogP contribution in [0.1, 0.15) is 45.4 Å². The minimum Gasteiger partial charge on any atom is -0.311 e. The van der Waals surface area contributed by atoms with Gasteiger partial charge in [0.25, 0.3) is 0 Å². The maximum absolute atomic E-state index is 3.81. The van der Waals surface area contributed by atoms with E-state index in [4.69, 9.17) is 0 Å². The van der Waals surface area contributed by atoms with Gasteiger partial charge in [0.2, 0.25) is 0 Å². The molecule has 0 saturated heterocycles. The summed E-state index contributed by atoms with van der Waals surface area (Å²) < 4.78 is 0. The molecule has 0 aromatic heterocycles. The van der Waals surface area contributed by atoms with E-state index in [1.165, 1.54) is 44.3 Å². The zero-order chi connectivity index (χ0) is 10.7. The van der Waals surface area contributed by atoms with Gasteiger partial charge in [0.1, 0.15) is 0 Å². The van der Waals surface area contributed by atoms with Crippen molar-refractivity contribution in [2.45, 2.75) is 57.5 Å². The average molecular weight is 227 g/mol. The van der Waals surface area contributed by atoms with Gasteiger partial charge < -0.3 is 5.32 Å². The zero-order valence-electron chi connectivity index (χ0n) is 10.2. The van der Waals surface area contributed by atoms with Crippen LogP contribution in [0.3, 0.4) is 0 Å². The Morgan fingerprint density at radius 3 is 2.67 bits per heavy atom. The van der Waals surface area contributed by atoms with Crippen LogP contribution in [0, 0.1) is 11.8 Å². The summed E-state index contributed by atoms with van der Waals surface area (Å²) in [6.07, 6.45) is 11.1. The van der Waals surface area contributed by atoms with Crippen molar-refractivity contribution in [3.05, 3.63) is 0 Å². The molecule has 2 rings (SSSR count). The summed E-state index contributed by atoms with van der Waals surface area (Å²) in [7, 11) is 0. The smallest absolute Gasteiger partial charge is 0.0132 e. The van der Waals surface area contributed by atoms with E-state index >= 15 is 0 Å². The van der Waals surface area contributed by atoms with Crippen LogP contribution in [0.15, 0.2) is 0 Å². The van der Waals surface area contributed by atoms with Crippen molar-refractivity contribution in [3.8, 4) is 0 Å². The second-order valence-electron chi connectivity index (χ2n) is 5.48. The molecule has 2 aliphatic rings. The van der Waals surface area contributed by atoms with Gasteiger partial charge in [-0.25, -0.2) is 0 Å². The second kappa shape index (κ2) is 5.58. The molecule has 0 spiro atoms. The van der Waals surface area contributed by atoms with Gasteiger partial charge in [-0.15, -0.1) is 0 Å². The lowest BCUT2D eigenvalue weighted by Gasteiger charge is -2.32. The van der Waals surface area contributed by atoms with E-state index in [1.54, 1.807) is 0 Å². The summed E-state index contributed by atoms with van der Waals surface area (Å²) in [5.74, 6) is 3.44. The van der Waals surface area contributed by atoms with Crippen LogP contribution >= 0.6 is 11.8 Å². The van der Waals surface area contributed by atoms with Crippen molar-refractivity contribution in [1.29, 1.82) is 0 Å². The Morgan fingerprint density at radius 1 is 1.20 bits per heavy atom. The molecule has 88 valence electrons. The lowest BCUT2D eigenvalue weighted by atomic mass is 9.82. The van der Waals surface area contributed by atoms with Gasteiger partial charge in [-0.2, -0.15) is 11.8 Å². The maximum Gasteiger partial charge on any atom is 0.0132 e. The van der Waals surface area contributed by atoms with E-state index in [0.717, 1.165) is 17.9 Å². The quantitative estimate of drug-likeness (QED) is 0.773. The number of nitrogens with one attached hydrogen (secondary N) is 1. The zero-order valence-corrected chi connectivity index (χ0v) is 11.0. The van der Waals surface area contributed by atoms with Crippen molar-refractivity contribution >= 4 is 11.8 Å². The normalized spacial score (nSPS) is 34.0. The Kier molecular flexibility index (Phi) is 4.39. The third-order valence-corrected chi connectivity index (χ3v) is 4.77. The molecule has 2 saturated carbocycles. The molecule has 15 heavy (non-hydrogen) atoms. The van der Waals surface area contributed by atoms with Crippen LogP contribution in [0.4, 0.5) is 0 Å². The van der Waals surface area contributed by atoms with Gasteiger partial charge in [-0.05, 0) is 50.7 Å². The fourth-order valence-electron chi connectivity index (χ4n) is 3.08. The van der Waals surface area contributed by atoms with Gasteiger partial charge in [-0.3, -0.25) is 0 Å². The molecule has 0 aromatic carbocycles. The molecule has 0 aromatic rings. The van der Waals surface area contributed by atoms with Gasteiger partial charge in [0, 0.05) is 17.8 Å². The lowest BCUT2D eigenvalue weighted by Crippen LogP contribution is -2.41. The third kappa shape index (κ3) is 3.67. The van der Waals surface area contributed by atoms with Gasteiger partial charge >= 0.3 is 0 Å². The first-order valence-electron chi connectivity index (χ1n) is 6.54. The van der Waals surface area contributed by atoms with Crippen LogP contribution in [-0.4, -0.2) is 24.1 Å². The topological polar surface area (TPSA) is 12.0 Å². The molecule has 0 aliphatic heterocycles. The molecule has 3 unspecified atom stereocenters. The first-order valence-corrected chi connectivity index (χ1v) is 7.94. The standard InChI is InChI=1S/C13H25NS/c1-10(9-15-2)14-13-5-3-4-12(8-13)11-6-7-11/h10-14H,3-9H2,1-2H3. The second-order valence-corrected chi connectivity index (χ2v) is 6.39. The largest absolute Gasteiger partial charge is 0.311 e. The highest BCUT2D eigenvalue weighted by Crippen LogP contribution is 2.43. The molecule has 2 fully saturated rings. The predicted octanol–water partition coefficient (Wildman–Crippen LogP) is 3.30. The van der Waals surface area contributed by atoms with Crippen molar-refractivity contribution in [3.63, 3.8) is 0 Å². The fraction of sp³-hybridized carbons (Fsp3) is 1.00. The SMILES string of the molecule is CSCC(C)NC1CCCC(C2CC2)C1.